The summed E-state index contributed by atoms with van der Waals surface area (Å²) >= 11 is 0. The zero-order valence-corrected chi connectivity index (χ0v) is 19.8. The Bertz CT molecular complexity index is 863. The summed E-state index contributed by atoms with van der Waals surface area (Å²) in [5.41, 5.74) is 2.05. The van der Waals surface area contributed by atoms with Gasteiger partial charge in [0.25, 0.3) is 0 Å². The molecule has 0 amide bonds. The third-order valence-electron chi connectivity index (χ3n) is 9.55. The Kier molecular flexibility index (Phi) is 5.86. The van der Waals surface area contributed by atoms with E-state index in [1.807, 2.05) is 18.2 Å². The van der Waals surface area contributed by atoms with E-state index in [0.717, 1.165) is 44.1 Å². The fourth-order valence-corrected chi connectivity index (χ4v) is 7.91. The van der Waals surface area contributed by atoms with Crippen molar-refractivity contribution in [3.8, 4) is 5.75 Å². The molecule has 0 radical (unpaired) electrons. The molecule has 4 heteroatoms. The van der Waals surface area contributed by atoms with Gasteiger partial charge in [-0.2, -0.15) is 0 Å². The second kappa shape index (κ2) is 8.52. The van der Waals surface area contributed by atoms with Gasteiger partial charge in [0, 0.05) is 12.0 Å². The molecule has 174 valence electrons. The molecule has 3 fully saturated rings. The summed E-state index contributed by atoms with van der Waals surface area (Å²) < 4.78 is 17.4. The molecule has 0 spiro atoms. The van der Waals surface area contributed by atoms with E-state index in [9.17, 15) is 4.79 Å². The second-order valence-corrected chi connectivity index (χ2v) is 11.0. The molecule has 3 saturated carbocycles. The van der Waals surface area contributed by atoms with E-state index in [-0.39, 0.29) is 11.5 Å². The van der Waals surface area contributed by atoms with Crippen LogP contribution in [0.1, 0.15) is 72.1 Å². The van der Waals surface area contributed by atoms with E-state index in [0.29, 0.717) is 23.2 Å². The molecule has 0 N–H and O–H groups in total. The summed E-state index contributed by atoms with van der Waals surface area (Å²) in [7, 11) is 0. The topological polar surface area (TPSA) is 44.8 Å². The van der Waals surface area contributed by atoms with E-state index in [1.54, 1.807) is 17.7 Å². The Hall–Kier alpha value is -1.81. The Labute approximate surface area is 192 Å². The molecule has 0 heterocycles. The normalized spacial score (nSPS) is 40.5. The van der Waals surface area contributed by atoms with Crippen LogP contribution in [0.4, 0.5) is 4.79 Å². The van der Waals surface area contributed by atoms with Gasteiger partial charge in [-0.05, 0) is 93.6 Å². The number of hydrogen-bond acceptors (Lipinski definition) is 4. The Morgan fingerprint density at radius 1 is 1.00 bits per heavy atom. The van der Waals surface area contributed by atoms with Gasteiger partial charge in [0.15, 0.2) is 0 Å². The molecule has 4 aliphatic carbocycles. The third-order valence-corrected chi connectivity index (χ3v) is 9.55. The fraction of sp³-hybridized carbons (Fsp3) is 0.679. The molecule has 1 aromatic carbocycles. The molecule has 0 aliphatic heterocycles. The molecule has 1 aromatic rings. The van der Waals surface area contributed by atoms with Crippen molar-refractivity contribution >= 4 is 6.16 Å². The number of benzene rings is 1. The van der Waals surface area contributed by atoms with Crippen LogP contribution in [0.15, 0.2) is 42.0 Å². The molecule has 0 saturated heterocycles. The van der Waals surface area contributed by atoms with Crippen molar-refractivity contribution in [2.24, 2.45) is 28.6 Å². The quantitative estimate of drug-likeness (QED) is 0.290. The maximum Gasteiger partial charge on any atom is 0.514 e. The molecule has 4 nitrogen and oxygen atoms in total. The summed E-state index contributed by atoms with van der Waals surface area (Å²) in [6.45, 7) is 7.80. The number of allylic oxidation sites excluding steroid dienone is 1. The number of carbonyl (C=O) groups excluding carboxylic acids is 1. The van der Waals surface area contributed by atoms with Crippen molar-refractivity contribution in [2.45, 2.75) is 84.3 Å². The van der Waals surface area contributed by atoms with Crippen molar-refractivity contribution in [3.63, 3.8) is 0 Å². The number of hydrogen-bond donors (Lipinski definition) is 0. The lowest BCUT2D eigenvalue weighted by atomic mass is 9.47. The Balaban J connectivity index is 1.29. The maximum absolute atomic E-state index is 12.5. The highest BCUT2D eigenvalue weighted by Crippen LogP contribution is 2.65. The van der Waals surface area contributed by atoms with Crippen LogP contribution in [0.25, 0.3) is 0 Å². The molecule has 0 unspecified atom stereocenters. The van der Waals surface area contributed by atoms with Gasteiger partial charge in [-0.3, -0.25) is 0 Å². The van der Waals surface area contributed by atoms with Crippen LogP contribution in [0.5, 0.6) is 5.75 Å². The van der Waals surface area contributed by atoms with Crippen LogP contribution < -0.4 is 4.74 Å². The van der Waals surface area contributed by atoms with Gasteiger partial charge in [0.2, 0.25) is 0 Å². The minimum Gasteiger partial charge on any atom is -0.430 e. The van der Waals surface area contributed by atoms with Gasteiger partial charge < -0.3 is 14.2 Å². The largest absolute Gasteiger partial charge is 0.514 e. The molecule has 0 bridgehead atoms. The van der Waals surface area contributed by atoms with Gasteiger partial charge >= 0.3 is 6.16 Å². The van der Waals surface area contributed by atoms with Gasteiger partial charge in [-0.1, -0.05) is 43.7 Å². The predicted molar refractivity (Wildman–Crippen MR) is 124 cm³/mol. The standard InChI is InChI=1S/C28H38O4/c1-4-30-21-14-16-27(2)19(18-21)10-11-22-23-12-13-25(28(23,3)17-15-24(22)27)32-26(29)31-20-8-6-5-7-9-20/h5-9,18,21-25H,4,10-17H2,1-3H3/t21-,22+,23+,24+,25+,27+,28+/m1/s1. The number of ether oxygens (including phenoxy) is 3. The van der Waals surface area contributed by atoms with E-state index in [2.05, 4.69) is 26.8 Å². The van der Waals surface area contributed by atoms with E-state index < -0.39 is 6.16 Å². The zero-order valence-electron chi connectivity index (χ0n) is 19.8. The first kappa shape index (κ1) is 22.0. The smallest absolute Gasteiger partial charge is 0.430 e. The van der Waals surface area contributed by atoms with Crippen LogP contribution >= 0.6 is 0 Å². The van der Waals surface area contributed by atoms with Gasteiger partial charge in [0.1, 0.15) is 11.9 Å². The van der Waals surface area contributed by atoms with Gasteiger partial charge in [-0.15, -0.1) is 0 Å². The molecular weight excluding hydrogens is 400 g/mol. The highest BCUT2D eigenvalue weighted by molar-refractivity contribution is 5.64. The Morgan fingerprint density at radius 2 is 1.81 bits per heavy atom. The first-order valence-corrected chi connectivity index (χ1v) is 12.7. The Morgan fingerprint density at radius 3 is 2.59 bits per heavy atom. The summed E-state index contributed by atoms with van der Waals surface area (Å²) in [6, 6.07) is 9.23. The number of para-hydroxylation sites is 1. The number of rotatable bonds is 4. The highest BCUT2D eigenvalue weighted by atomic mass is 16.7. The molecule has 5 rings (SSSR count). The molecule has 4 aliphatic rings. The summed E-state index contributed by atoms with van der Waals surface area (Å²) in [6.07, 6.45) is 11.6. The highest BCUT2D eigenvalue weighted by Gasteiger charge is 2.60. The van der Waals surface area contributed by atoms with Crippen molar-refractivity contribution in [1.82, 2.24) is 0 Å². The van der Waals surface area contributed by atoms with Crippen LogP contribution in [-0.4, -0.2) is 25.0 Å². The number of fused-ring (bicyclic) bond motifs is 5. The lowest BCUT2D eigenvalue weighted by Gasteiger charge is -2.58. The maximum atomic E-state index is 12.5. The van der Waals surface area contributed by atoms with Crippen molar-refractivity contribution in [2.75, 3.05) is 6.61 Å². The average molecular weight is 439 g/mol. The zero-order chi connectivity index (χ0) is 22.3. The van der Waals surface area contributed by atoms with E-state index >= 15 is 0 Å². The lowest BCUT2D eigenvalue weighted by molar-refractivity contribution is -0.0849. The van der Waals surface area contributed by atoms with E-state index in [4.69, 9.17) is 14.2 Å². The molecule has 7 atom stereocenters. The predicted octanol–water partition coefficient (Wildman–Crippen LogP) is 6.94. The van der Waals surface area contributed by atoms with Gasteiger partial charge in [-0.25, -0.2) is 4.79 Å². The van der Waals surface area contributed by atoms with Gasteiger partial charge in [0.05, 0.1) is 6.10 Å². The van der Waals surface area contributed by atoms with Crippen molar-refractivity contribution in [3.05, 3.63) is 42.0 Å². The minimum absolute atomic E-state index is 0.0388. The summed E-state index contributed by atoms with van der Waals surface area (Å²) in [5, 5.41) is 0. The summed E-state index contributed by atoms with van der Waals surface area (Å²) in [5.74, 6) is 2.67. The fourth-order valence-electron chi connectivity index (χ4n) is 7.91. The summed E-state index contributed by atoms with van der Waals surface area (Å²) in [4.78, 5) is 12.5. The molecule has 32 heavy (non-hydrogen) atoms. The second-order valence-electron chi connectivity index (χ2n) is 11.0. The van der Waals surface area contributed by atoms with Crippen LogP contribution in [-0.2, 0) is 9.47 Å². The first-order chi connectivity index (χ1) is 15.4. The SMILES string of the molecule is CCO[C@H]1C=C2CC[C@H]3[C@@H]4CC[C@H](OC(=O)Oc5ccccc5)[C@@]4(C)CC[C@@H]3[C@@]2(C)CC1. The number of carbonyl (C=O) groups is 1. The molecular formula is C28H38O4. The van der Waals surface area contributed by atoms with Crippen LogP contribution in [0, 0.1) is 28.6 Å². The van der Waals surface area contributed by atoms with Crippen molar-refractivity contribution in [1.29, 1.82) is 0 Å². The minimum atomic E-state index is -0.555. The molecule has 0 aromatic heterocycles. The van der Waals surface area contributed by atoms with Crippen molar-refractivity contribution < 1.29 is 19.0 Å². The first-order valence-electron chi connectivity index (χ1n) is 12.7. The lowest BCUT2D eigenvalue weighted by Crippen LogP contribution is -2.52. The van der Waals surface area contributed by atoms with Crippen LogP contribution in [0.3, 0.4) is 0 Å². The van der Waals surface area contributed by atoms with E-state index in [1.165, 1.54) is 25.7 Å². The monoisotopic (exact) mass is 438 g/mol. The third kappa shape index (κ3) is 3.69. The average Bonchev–Trinajstić information content (AvgIpc) is 3.11. The van der Waals surface area contributed by atoms with Crippen LogP contribution in [0.2, 0.25) is 0 Å².